The van der Waals surface area contributed by atoms with E-state index < -0.39 is 17.6 Å². The predicted octanol–water partition coefficient (Wildman–Crippen LogP) is 0.877. The van der Waals surface area contributed by atoms with Crippen LogP contribution in [0.5, 0.6) is 0 Å². The fraction of sp³-hybridized carbons (Fsp3) is 1.00. The van der Waals surface area contributed by atoms with Gasteiger partial charge in [-0.15, -0.1) is 0 Å². The van der Waals surface area contributed by atoms with Crippen molar-refractivity contribution >= 4 is 17.6 Å². The van der Waals surface area contributed by atoms with E-state index >= 15 is 0 Å². The monoisotopic (exact) mass is 562 g/mol. The normalized spacial score (nSPS) is 16.0. The molecule has 1 aliphatic heterocycles. The molecule has 0 aromatic carbocycles. The Balaban J connectivity index is 0. The van der Waals surface area contributed by atoms with Crippen LogP contribution in [-0.2, 0) is 40.8 Å². The van der Waals surface area contributed by atoms with Gasteiger partial charge in [0.2, 0.25) is 0 Å². The van der Waals surface area contributed by atoms with Gasteiger partial charge in [-0.25, -0.2) is 0 Å². The Morgan fingerprint density at radius 3 is 1.58 bits per heavy atom. The average Bonchev–Trinajstić information content (AvgIpc) is 3.75. The summed E-state index contributed by atoms with van der Waals surface area (Å²) in [7, 11) is 8.18. The average molecular weight is 563 g/mol. The molecule has 0 bridgehead atoms. The van der Waals surface area contributed by atoms with Crippen molar-refractivity contribution in [3.05, 3.63) is 0 Å². The molecule has 0 saturated carbocycles. The van der Waals surface area contributed by atoms with E-state index in [2.05, 4.69) is 11.1 Å². The van der Waals surface area contributed by atoms with Gasteiger partial charge in [0.25, 0.3) is 0 Å². The molecule has 36 heavy (non-hydrogen) atoms. The second kappa shape index (κ2) is 25.2. The molecule has 220 valence electrons. The summed E-state index contributed by atoms with van der Waals surface area (Å²) in [4.78, 5) is 0. The molecule has 4 N–H and O–H groups in total. The third kappa shape index (κ3) is 19.1. The van der Waals surface area contributed by atoms with Crippen LogP contribution in [0.15, 0.2) is 0 Å². The largest absolute Gasteiger partial charge is 0.500 e. The molecule has 0 aliphatic carbocycles. The summed E-state index contributed by atoms with van der Waals surface area (Å²) in [6.45, 7) is 4.16. The number of aliphatic hydroxyl groups is 1. The number of likely N-dealkylation sites (N-methyl/N-ethyl adjacent to an activating group) is 1. The van der Waals surface area contributed by atoms with E-state index in [4.69, 9.17) is 40.8 Å². The van der Waals surface area contributed by atoms with Crippen molar-refractivity contribution in [3.63, 3.8) is 0 Å². The highest BCUT2D eigenvalue weighted by Crippen LogP contribution is 2.16. The number of nitrogens with two attached hydrogens (primary N) is 1. The van der Waals surface area contributed by atoms with Crippen LogP contribution in [0.4, 0.5) is 0 Å². The SMILES string of the molecule is CN.CNCC(O)CCOCCC[Si](OC)(OC)OC.CO[Si](CCCOCCC1CO1)(OC)OC. The van der Waals surface area contributed by atoms with E-state index in [-0.39, 0.29) is 6.10 Å². The summed E-state index contributed by atoms with van der Waals surface area (Å²) >= 11 is 0. The van der Waals surface area contributed by atoms with Gasteiger partial charge in [-0.3, -0.25) is 0 Å². The minimum absolute atomic E-state index is 0.347. The van der Waals surface area contributed by atoms with Crippen LogP contribution in [0.1, 0.15) is 25.7 Å². The van der Waals surface area contributed by atoms with Gasteiger partial charge in [0, 0.05) is 87.7 Å². The van der Waals surface area contributed by atoms with E-state index in [0.29, 0.717) is 32.3 Å². The van der Waals surface area contributed by atoms with Crippen LogP contribution in [-0.4, -0.2) is 131 Å². The first-order valence-corrected chi connectivity index (χ1v) is 16.2. The van der Waals surface area contributed by atoms with Gasteiger partial charge in [-0.1, -0.05) is 0 Å². The van der Waals surface area contributed by atoms with Crippen molar-refractivity contribution < 1.29 is 45.9 Å². The molecular weight excluding hydrogens is 508 g/mol. The molecule has 0 amide bonds. The summed E-state index contributed by atoms with van der Waals surface area (Å²) < 4.78 is 47.9. The molecule has 0 spiro atoms. The van der Waals surface area contributed by atoms with Crippen molar-refractivity contribution in [3.8, 4) is 0 Å². The van der Waals surface area contributed by atoms with Gasteiger partial charge in [-0.2, -0.15) is 0 Å². The molecular formula is C22H54N2O10Si2. The topological polar surface area (TPSA) is 145 Å². The fourth-order valence-electron chi connectivity index (χ4n) is 3.10. The minimum atomic E-state index is -2.45. The minimum Gasteiger partial charge on any atom is -0.392 e. The number of nitrogens with one attached hydrogen (secondary N) is 1. The van der Waals surface area contributed by atoms with E-state index in [1.54, 1.807) is 42.7 Å². The van der Waals surface area contributed by atoms with E-state index in [1.807, 2.05) is 7.05 Å². The van der Waals surface area contributed by atoms with E-state index in [1.165, 1.54) is 7.05 Å². The van der Waals surface area contributed by atoms with Gasteiger partial charge in [0.15, 0.2) is 0 Å². The molecule has 2 unspecified atom stereocenters. The Morgan fingerprint density at radius 1 is 0.806 bits per heavy atom. The van der Waals surface area contributed by atoms with Crippen LogP contribution in [0, 0.1) is 0 Å². The second-order valence-electron chi connectivity index (χ2n) is 7.77. The first kappa shape index (κ1) is 38.1. The van der Waals surface area contributed by atoms with Gasteiger partial charge in [0.05, 0.1) is 18.8 Å². The van der Waals surface area contributed by atoms with E-state index in [0.717, 1.165) is 51.2 Å². The first-order chi connectivity index (χ1) is 17.4. The van der Waals surface area contributed by atoms with Crippen molar-refractivity contribution in [1.82, 2.24) is 5.32 Å². The second-order valence-corrected chi connectivity index (χ2v) is 13.9. The summed E-state index contributed by atoms with van der Waals surface area (Å²) in [5.74, 6) is 0. The van der Waals surface area contributed by atoms with Crippen LogP contribution in [0.2, 0.25) is 12.1 Å². The molecule has 1 saturated heterocycles. The van der Waals surface area contributed by atoms with Crippen LogP contribution < -0.4 is 11.1 Å². The van der Waals surface area contributed by atoms with Crippen molar-refractivity contribution in [2.45, 2.75) is 50.0 Å². The van der Waals surface area contributed by atoms with Crippen molar-refractivity contribution in [2.75, 3.05) is 96.3 Å². The highest BCUT2D eigenvalue weighted by atomic mass is 28.4. The zero-order valence-corrected chi connectivity index (χ0v) is 25.8. The van der Waals surface area contributed by atoms with Crippen LogP contribution in [0.3, 0.4) is 0 Å². The number of epoxide rings is 1. The lowest BCUT2D eigenvalue weighted by Crippen LogP contribution is -2.42. The Morgan fingerprint density at radius 2 is 1.22 bits per heavy atom. The summed E-state index contributed by atoms with van der Waals surface area (Å²) in [5.41, 5.74) is 4.50. The highest BCUT2D eigenvalue weighted by molar-refractivity contribution is 6.60. The molecule has 0 aromatic rings. The Kier molecular flexibility index (Phi) is 26.7. The van der Waals surface area contributed by atoms with Crippen LogP contribution >= 0.6 is 0 Å². The lowest BCUT2D eigenvalue weighted by molar-refractivity contribution is 0.0774. The zero-order valence-electron chi connectivity index (χ0n) is 23.8. The fourth-order valence-corrected chi connectivity index (χ4v) is 6.48. The summed E-state index contributed by atoms with van der Waals surface area (Å²) in [6, 6.07) is 1.52. The Hall–Kier alpha value is -0.0462. The summed E-state index contributed by atoms with van der Waals surface area (Å²) in [6.07, 6.45) is 3.46. The van der Waals surface area contributed by atoms with Gasteiger partial charge in [-0.05, 0) is 39.8 Å². The van der Waals surface area contributed by atoms with Gasteiger partial charge in [0.1, 0.15) is 0 Å². The maximum atomic E-state index is 9.45. The molecule has 0 aromatic heterocycles. The zero-order chi connectivity index (χ0) is 27.7. The number of rotatable bonds is 22. The van der Waals surface area contributed by atoms with Crippen molar-refractivity contribution in [2.24, 2.45) is 5.73 Å². The molecule has 14 heteroatoms. The highest BCUT2D eigenvalue weighted by Gasteiger charge is 2.37. The molecule has 0 radical (unpaired) electrons. The van der Waals surface area contributed by atoms with Crippen molar-refractivity contribution in [1.29, 1.82) is 0 Å². The molecule has 1 fully saturated rings. The number of hydrogen-bond donors (Lipinski definition) is 3. The van der Waals surface area contributed by atoms with Gasteiger partial charge < -0.3 is 56.9 Å². The maximum absolute atomic E-state index is 9.45. The third-order valence-corrected chi connectivity index (χ3v) is 11.1. The molecule has 12 nitrogen and oxygen atoms in total. The smallest absolute Gasteiger partial charge is 0.392 e. The number of aliphatic hydroxyl groups excluding tert-OH is 1. The standard InChI is InChI=1S/C11H27NO5Si.C10H22O5Si.CH5N/c1-12-10-11(13)6-8-17-7-5-9-18(14-2,15-3)16-4;1-11-16(12-2,13-3)8-4-6-14-7-5-10-9-15-10;1-2/h11-13H,5-10H2,1-4H3;10H,4-9H2,1-3H3;2H2,1H3. The molecule has 2 atom stereocenters. The molecule has 1 aliphatic rings. The molecule has 1 heterocycles. The Labute approximate surface area is 221 Å². The first-order valence-electron chi connectivity index (χ1n) is 12.4. The van der Waals surface area contributed by atoms with Gasteiger partial charge >= 0.3 is 17.6 Å². The lowest BCUT2D eigenvalue weighted by atomic mass is 10.3. The lowest BCUT2D eigenvalue weighted by Gasteiger charge is -2.24. The maximum Gasteiger partial charge on any atom is 0.500 e. The third-order valence-electron chi connectivity index (χ3n) is 5.43. The Bertz CT molecular complexity index is 444. The predicted molar refractivity (Wildman–Crippen MR) is 143 cm³/mol. The summed E-state index contributed by atoms with van der Waals surface area (Å²) in [5, 5.41) is 12.4. The number of hydrogen-bond acceptors (Lipinski definition) is 12. The van der Waals surface area contributed by atoms with Crippen LogP contribution in [0.25, 0.3) is 0 Å². The van der Waals surface area contributed by atoms with E-state index in [9.17, 15) is 5.11 Å². The quantitative estimate of drug-likeness (QED) is 0.0978. The number of ether oxygens (including phenoxy) is 3. The molecule has 1 rings (SSSR count).